The lowest BCUT2D eigenvalue weighted by atomic mass is 10.1. The van der Waals surface area contributed by atoms with Crippen LogP contribution in [-0.4, -0.2) is 19.0 Å². The maximum absolute atomic E-state index is 2.34. The van der Waals surface area contributed by atoms with Gasteiger partial charge in [0.05, 0.1) is 0 Å². The minimum absolute atomic E-state index is 0.877. The predicted octanol–water partition coefficient (Wildman–Crippen LogP) is 2.25. The van der Waals surface area contributed by atoms with Crippen molar-refractivity contribution in [3.05, 3.63) is 12.3 Å². The molecule has 58 valence electrons. The molecule has 0 spiro atoms. The van der Waals surface area contributed by atoms with Crippen molar-refractivity contribution in [2.45, 2.75) is 25.7 Å². The first-order chi connectivity index (χ1) is 4.79. The fourth-order valence-electron chi connectivity index (χ4n) is 1.44. The maximum Gasteiger partial charge on any atom is 0.00555 e. The molecule has 0 unspecified atom stereocenters. The van der Waals surface area contributed by atoms with Crippen LogP contribution in [0.15, 0.2) is 12.3 Å². The average molecular weight is 139 g/mol. The average Bonchev–Trinajstić information content (AvgIpc) is 2.34. The Balaban J connectivity index is 2.23. The second-order valence-electron chi connectivity index (χ2n) is 3.35. The van der Waals surface area contributed by atoms with Gasteiger partial charge in [-0.25, -0.2) is 0 Å². The van der Waals surface area contributed by atoms with Crippen LogP contribution in [0.3, 0.4) is 0 Å². The normalized spacial score (nSPS) is 20.6. The molecule has 1 nitrogen and oxygen atoms in total. The number of hydrogen-bond acceptors (Lipinski definition) is 1. The van der Waals surface area contributed by atoms with Crippen molar-refractivity contribution in [1.29, 1.82) is 0 Å². The van der Waals surface area contributed by atoms with Crippen LogP contribution in [0, 0.1) is 5.92 Å². The molecule has 10 heavy (non-hydrogen) atoms. The minimum atomic E-state index is 0.877. The molecule has 0 saturated heterocycles. The second kappa shape index (κ2) is 3.65. The highest BCUT2D eigenvalue weighted by molar-refractivity contribution is 4.89. The van der Waals surface area contributed by atoms with E-state index in [1.54, 1.807) is 0 Å². The van der Waals surface area contributed by atoms with Crippen LogP contribution in [0.2, 0.25) is 0 Å². The van der Waals surface area contributed by atoms with Crippen LogP contribution in [0.1, 0.15) is 25.7 Å². The first kappa shape index (κ1) is 7.64. The maximum atomic E-state index is 2.34. The number of allylic oxidation sites excluding steroid dienone is 1. The summed E-state index contributed by atoms with van der Waals surface area (Å²) in [7, 11) is 4.15. The molecule has 1 saturated carbocycles. The molecule has 0 N–H and O–H groups in total. The van der Waals surface area contributed by atoms with Gasteiger partial charge in [0.15, 0.2) is 0 Å². The molecule has 1 aliphatic rings. The van der Waals surface area contributed by atoms with Gasteiger partial charge in [-0.05, 0) is 25.0 Å². The third kappa shape index (κ3) is 2.42. The van der Waals surface area contributed by atoms with Crippen molar-refractivity contribution in [2.75, 3.05) is 14.1 Å². The fourth-order valence-corrected chi connectivity index (χ4v) is 1.44. The van der Waals surface area contributed by atoms with E-state index in [9.17, 15) is 0 Å². The summed E-state index contributed by atoms with van der Waals surface area (Å²) in [6.45, 7) is 0. The zero-order chi connectivity index (χ0) is 7.40. The molecule has 0 bridgehead atoms. The summed E-state index contributed by atoms with van der Waals surface area (Å²) in [5.74, 6) is 0.877. The van der Waals surface area contributed by atoms with Gasteiger partial charge in [0.25, 0.3) is 0 Å². The summed E-state index contributed by atoms with van der Waals surface area (Å²) in [6, 6.07) is 0. The van der Waals surface area contributed by atoms with Crippen molar-refractivity contribution >= 4 is 0 Å². The Bertz CT molecular complexity index is 110. The summed E-state index contributed by atoms with van der Waals surface area (Å²) < 4.78 is 0. The highest BCUT2D eigenvalue weighted by Gasteiger charge is 2.10. The van der Waals surface area contributed by atoms with E-state index in [1.807, 2.05) is 0 Å². The van der Waals surface area contributed by atoms with Gasteiger partial charge < -0.3 is 4.90 Å². The molecule has 1 heteroatoms. The third-order valence-corrected chi connectivity index (χ3v) is 2.06. The van der Waals surface area contributed by atoms with Gasteiger partial charge in [0.1, 0.15) is 0 Å². The molecule has 0 aliphatic heterocycles. The van der Waals surface area contributed by atoms with E-state index in [0.717, 1.165) is 5.92 Å². The Labute approximate surface area is 63.7 Å². The lowest BCUT2D eigenvalue weighted by Gasteiger charge is -2.05. The van der Waals surface area contributed by atoms with Crippen LogP contribution in [-0.2, 0) is 0 Å². The van der Waals surface area contributed by atoms with Crippen molar-refractivity contribution in [3.63, 3.8) is 0 Å². The van der Waals surface area contributed by atoms with E-state index in [0.29, 0.717) is 0 Å². The van der Waals surface area contributed by atoms with Crippen LogP contribution in [0.25, 0.3) is 0 Å². The standard InChI is InChI=1S/C9H17N/c1-10(2)8-7-9-5-3-4-6-9/h7-9H,3-6H2,1-2H3. The summed E-state index contributed by atoms with van der Waals surface area (Å²) >= 11 is 0. The predicted molar refractivity (Wildman–Crippen MR) is 44.8 cm³/mol. The monoisotopic (exact) mass is 139 g/mol. The molecule has 1 aliphatic carbocycles. The van der Waals surface area contributed by atoms with Crippen LogP contribution in [0.5, 0.6) is 0 Å². The lowest BCUT2D eigenvalue weighted by Crippen LogP contribution is -2.01. The molecule has 1 fully saturated rings. The Hall–Kier alpha value is -0.460. The van der Waals surface area contributed by atoms with Crippen LogP contribution < -0.4 is 0 Å². The fraction of sp³-hybridized carbons (Fsp3) is 0.778. The highest BCUT2D eigenvalue weighted by Crippen LogP contribution is 2.25. The first-order valence-corrected chi connectivity index (χ1v) is 4.14. The Kier molecular flexibility index (Phi) is 2.79. The van der Waals surface area contributed by atoms with Gasteiger partial charge in [-0.3, -0.25) is 0 Å². The summed E-state index contributed by atoms with van der Waals surface area (Å²) in [5, 5.41) is 0. The third-order valence-electron chi connectivity index (χ3n) is 2.06. The Morgan fingerprint density at radius 1 is 1.20 bits per heavy atom. The summed E-state index contributed by atoms with van der Waals surface area (Å²) in [4.78, 5) is 2.11. The van der Waals surface area contributed by atoms with Crippen LogP contribution in [0.4, 0.5) is 0 Å². The van der Waals surface area contributed by atoms with Gasteiger partial charge in [-0.15, -0.1) is 0 Å². The molecule has 1 rings (SSSR count). The van der Waals surface area contributed by atoms with Crippen LogP contribution >= 0.6 is 0 Å². The van der Waals surface area contributed by atoms with Gasteiger partial charge in [-0.2, -0.15) is 0 Å². The van der Waals surface area contributed by atoms with Gasteiger partial charge >= 0.3 is 0 Å². The minimum Gasteiger partial charge on any atom is -0.384 e. The van der Waals surface area contributed by atoms with Gasteiger partial charge in [0.2, 0.25) is 0 Å². The second-order valence-corrected chi connectivity index (χ2v) is 3.35. The quantitative estimate of drug-likeness (QED) is 0.567. The van der Waals surface area contributed by atoms with E-state index in [4.69, 9.17) is 0 Å². The van der Waals surface area contributed by atoms with Crippen molar-refractivity contribution in [1.82, 2.24) is 4.90 Å². The zero-order valence-electron chi connectivity index (χ0n) is 7.01. The number of nitrogens with zero attached hydrogens (tertiary/aromatic N) is 1. The molecular weight excluding hydrogens is 122 g/mol. The lowest BCUT2D eigenvalue weighted by molar-refractivity contribution is 0.550. The SMILES string of the molecule is CN(C)C=CC1CCCC1. The molecule has 0 aromatic heterocycles. The smallest absolute Gasteiger partial charge is 0.00555 e. The number of rotatable bonds is 2. The van der Waals surface area contributed by atoms with E-state index in [2.05, 4.69) is 31.3 Å². The summed E-state index contributed by atoms with van der Waals surface area (Å²) in [5.41, 5.74) is 0. The molecule has 0 amide bonds. The van der Waals surface area contributed by atoms with E-state index in [1.165, 1.54) is 25.7 Å². The van der Waals surface area contributed by atoms with Gasteiger partial charge in [0, 0.05) is 14.1 Å². The molecule has 0 radical (unpaired) electrons. The summed E-state index contributed by atoms with van der Waals surface area (Å²) in [6.07, 6.45) is 10.2. The van der Waals surface area contributed by atoms with Crippen molar-refractivity contribution in [2.24, 2.45) is 5.92 Å². The Morgan fingerprint density at radius 3 is 2.30 bits per heavy atom. The molecule has 0 heterocycles. The highest BCUT2D eigenvalue weighted by atomic mass is 15.0. The van der Waals surface area contributed by atoms with E-state index in [-0.39, 0.29) is 0 Å². The molecular formula is C9H17N. The van der Waals surface area contributed by atoms with Gasteiger partial charge in [-0.1, -0.05) is 18.9 Å². The van der Waals surface area contributed by atoms with Crippen molar-refractivity contribution < 1.29 is 0 Å². The Morgan fingerprint density at radius 2 is 1.80 bits per heavy atom. The molecule has 0 aromatic rings. The zero-order valence-corrected chi connectivity index (χ0v) is 7.01. The molecule has 0 aromatic carbocycles. The number of hydrogen-bond donors (Lipinski definition) is 0. The first-order valence-electron chi connectivity index (χ1n) is 4.14. The van der Waals surface area contributed by atoms with E-state index >= 15 is 0 Å². The van der Waals surface area contributed by atoms with Crippen molar-refractivity contribution in [3.8, 4) is 0 Å². The molecule has 0 atom stereocenters. The van der Waals surface area contributed by atoms with E-state index < -0.39 is 0 Å². The topological polar surface area (TPSA) is 3.24 Å². The largest absolute Gasteiger partial charge is 0.384 e.